The Hall–Kier alpha value is -2.21. The van der Waals surface area contributed by atoms with E-state index in [1.165, 1.54) is 0 Å². The molecule has 0 spiro atoms. The van der Waals surface area contributed by atoms with Crippen LogP contribution in [-0.2, 0) is 16.0 Å². The van der Waals surface area contributed by atoms with Crippen molar-refractivity contribution in [3.8, 4) is 10.6 Å². The van der Waals surface area contributed by atoms with Crippen LogP contribution in [0.2, 0.25) is 0 Å². The number of nitrogens with zero attached hydrogens (tertiary/aromatic N) is 1. The van der Waals surface area contributed by atoms with Crippen molar-refractivity contribution < 1.29 is 14.7 Å². The lowest BCUT2D eigenvalue weighted by molar-refractivity contribution is -0.157. The zero-order valence-electron chi connectivity index (χ0n) is 13.3. The number of amides is 1. The number of rotatable bonds is 7. The molecule has 1 fully saturated rings. The minimum atomic E-state index is -0.851. The van der Waals surface area contributed by atoms with Crippen LogP contribution in [0.5, 0.6) is 0 Å². The van der Waals surface area contributed by atoms with E-state index >= 15 is 0 Å². The predicted octanol–water partition coefficient (Wildman–Crippen LogP) is 3.11. The summed E-state index contributed by atoms with van der Waals surface area (Å²) in [6, 6.07) is 9.98. The number of carboxylic acids is 1. The molecule has 2 aromatic rings. The number of hydrogen-bond acceptors (Lipinski definition) is 4. The molecule has 3 rings (SSSR count). The van der Waals surface area contributed by atoms with Gasteiger partial charge in [-0.2, -0.15) is 0 Å². The van der Waals surface area contributed by atoms with Crippen molar-refractivity contribution in [2.75, 3.05) is 6.54 Å². The summed E-state index contributed by atoms with van der Waals surface area (Å²) in [5, 5.41) is 15.0. The highest BCUT2D eigenvalue weighted by Crippen LogP contribution is 2.44. The maximum Gasteiger partial charge on any atom is 0.310 e. The SMILES string of the molecule is O=C(CC1(C(=O)O)CCC1)NCCc1csc(-c2ccccc2)n1. The first-order valence-corrected chi connectivity index (χ1v) is 8.97. The molecule has 0 saturated heterocycles. The number of nitrogens with one attached hydrogen (secondary N) is 1. The van der Waals surface area contributed by atoms with Crippen molar-refractivity contribution in [2.45, 2.75) is 32.1 Å². The normalized spacial score (nSPS) is 15.5. The van der Waals surface area contributed by atoms with E-state index < -0.39 is 11.4 Å². The Bertz CT molecular complexity index is 723. The molecule has 1 heterocycles. The Morgan fingerprint density at radius 2 is 2.00 bits per heavy atom. The van der Waals surface area contributed by atoms with Gasteiger partial charge in [-0.25, -0.2) is 4.98 Å². The van der Waals surface area contributed by atoms with Crippen molar-refractivity contribution in [1.82, 2.24) is 10.3 Å². The predicted molar refractivity (Wildman–Crippen MR) is 92.8 cm³/mol. The van der Waals surface area contributed by atoms with Crippen molar-refractivity contribution in [2.24, 2.45) is 5.41 Å². The number of carbonyl (C=O) groups is 2. The molecule has 6 heteroatoms. The first-order chi connectivity index (χ1) is 11.6. The maximum absolute atomic E-state index is 12.0. The summed E-state index contributed by atoms with van der Waals surface area (Å²) in [5.41, 5.74) is 1.20. The van der Waals surface area contributed by atoms with Gasteiger partial charge >= 0.3 is 5.97 Å². The minimum absolute atomic E-state index is 0.0780. The summed E-state index contributed by atoms with van der Waals surface area (Å²) < 4.78 is 0. The van der Waals surface area contributed by atoms with Crippen LogP contribution in [0.15, 0.2) is 35.7 Å². The lowest BCUT2D eigenvalue weighted by Gasteiger charge is -2.36. The second-order valence-electron chi connectivity index (χ2n) is 6.23. The lowest BCUT2D eigenvalue weighted by atomic mass is 9.66. The fourth-order valence-corrected chi connectivity index (χ4v) is 3.77. The van der Waals surface area contributed by atoms with E-state index in [0.717, 1.165) is 22.7 Å². The smallest absolute Gasteiger partial charge is 0.310 e. The Morgan fingerprint density at radius 1 is 1.25 bits per heavy atom. The van der Waals surface area contributed by atoms with Crippen LogP contribution in [0.1, 0.15) is 31.4 Å². The van der Waals surface area contributed by atoms with Gasteiger partial charge in [0.1, 0.15) is 5.01 Å². The van der Waals surface area contributed by atoms with Crippen LogP contribution in [0.25, 0.3) is 10.6 Å². The van der Waals surface area contributed by atoms with Crippen LogP contribution < -0.4 is 5.32 Å². The van der Waals surface area contributed by atoms with E-state index in [4.69, 9.17) is 0 Å². The van der Waals surface area contributed by atoms with E-state index in [9.17, 15) is 14.7 Å². The molecule has 0 atom stereocenters. The monoisotopic (exact) mass is 344 g/mol. The van der Waals surface area contributed by atoms with Gasteiger partial charge in [0.05, 0.1) is 11.1 Å². The second kappa shape index (κ2) is 7.13. The molecule has 24 heavy (non-hydrogen) atoms. The van der Waals surface area contributed by atoms with E-state index in [-0.39, 0.29) is 12.3 Å². The highest BCUT2D eigenvalue weighted by molar-refractivity contribution is 7.13. The van der Waals surface area contributed by atoms with Crippen LogP contribution in [0, 0.1) is 5.41 Å². The molecule has 1 aromatic heterocycles. The first-order valence-electron chi connectivity index (χ1n) is 8.09. The summed E-state index contributed by atoms with van der Waals surface area (Å²) >= 11 is 1.59. The third-order valence-electron chi connectivity index (χ3n) is 4.54. The van der Waals surface area contributed by atoms with Gasteiger partial charge in [0.2, 0.25) is 5.91 Å². The molecule has 2 N–H and O–H groups in total. The Kier molecular flexibility index (Phi) is 4.94. The Balaban J connectivity index is 1.48. The molecule has 1 aromatic carbocycles. The molecule has 126 valence electrons. The molecule has 1 aliphatic rings. The van der Waals surface area contributed by atoms with E-state index in [2.05, 4.69) is 10.3 Å². The van der Waals surface area contributed by atoms with Crippen molar-refractivity contribution in [3.05, 3.63) is 41.4 Å². The molecule has 5 nitrogen and oxygen atoms in total. The van der Waals surface area contributed by atoms with E-state index in [1.54, 1.807) is 11.3 Å². The minimum Gasteiger partial charge on any atom is -0.481 e. The topological polar surface area (TPSA) is 79.3 Å². The molecule has 1 aliphatic carbocycles. The average Bonchev–Trinajstić information content (AvgIpc) is 3.00. The Labute approximate surface area is 144 Å². The number of carbonyl (C=O) groups excluding carboxylic acids is 1. The van der Waals surface area contributed by atoms with E-state index in [1.807, 2.05) is 35.7 Å². The largest absolute Gasteiger partial charge is 0.481 e. The zero-order valence-corrected chi connectivity index (χ0v) is 14.1. The number of aliphatic carboxylic acids is 1. The first kappa shape index (κ1) is 16.6. The van der Waals surface area contributed by atoms with Gasteiger partial charge in [-0.05, 0) is 12.8 Å². The fraction of sp³-hybridized carbons (Fsp3) is 0.389. The summed E-state index contributed by atoms with van der Waals surface area (Å²) in [4.78, 5) is 27.8. The Morgan fingerprint density at radius 3 is 2.62 bits per heavy atom. The molecular weight excluding hydrogens is 324 g/mol. The summed E-state index contributed by atoms with van der Waals surface area (Å²) in [5.74, 6) is -1.04. The van der Waals surface area contributed by atoms with Gasteiger partial charge in [0, 0.05) is 30.3 Å². The summed E-state index contributed by atoms with van der Waals surface area (Å²) in [6.45, 7) is 0.479. The number of benzene rings is 1. The van der Waals surface area contributed by atoms with Gasteiger partial charge in [0.25, 0.3) is 0 Å². The average molecular weight is 344 g/mol. The van der Waals surface area contributed by atoms with Gasteiger partial charge in [-0.3, -0.25) is 9.59 Å². The van der Waals surface area contributed by atoms with Gasteiger partial charge in [0.15, 0.2) is 0 Å². The zero-order chi connectivity index (χ0) is 17.0. The third-order valence-corrected chi connectivity index (χ3v) is 5.48. The summed E-state index contributed by atoms with van der Waals surface area (Å²) in [6.07, 6.45) is 2.81. The molecule has 0 radical (unpaired) electrons. The third kappa shape index (κ3) is 3.64. The van der Waals surface area contributed by atoms with Gasteiger partial charge < -0.3 is 10.4 Å². The highest BCUT2D eigenvalue weighted by Gasteiger charge is 2.45. The van der Waals surface area contributed by atoms with Crippen LogP contribution >= 0.6 is 11.3 Å². The lowest BCUT2D eigenvalue weighted by Crippen LogP contribution is -2.42. The molecule has 1 saturated carbocycles. The molecular formula is C18H20N2O3S. The number of aromatic nitrogens is 1. The molecule has 1 amide bonds. The van der Waals surface area contributed by atoms with Crippen molar-refractivity contribution in [1.29, 1.82) is 0 Å². The quantitative estimate of drug-likeness (QED) is 0.809. The molecule has 0 aliphatic heterocycles. The fourth-order valence-electron chi connectivity index (χ4n) is 2.90. The second-order valence-corrected chi connectivity index (χ2v) is 7.08. The van der Waals surface area contributed by atoms with Crippen molar-refractivity contribution >= 4 is 23.2 Å². The van der Waals surface area contributed by atoms with Crippen LogP contribution in [0.3, 0.4) is 0 Å². The van der Waals surface area contributed by atoms with Crippen LogP contribution in [-0.4, -0.2) is 28.5 Å². The number of thiazole rings is 1. The molecule has 0 unspecified atom stereocenters. The maximum atomic E-state index is 12.0. The molecule has 0 bridgehead atoms. The standard InChI is InChI=1S/C18H20N2O3S/c21-15(11-18(17(22)23)8-4-9-18)19-10-7-14-12-24-16(20-14)13-5-2-1-3-6-13/h1-3,5-6,12H,4,7-11H2,(H,19,21)(H,22,23). The highest BCUT2D eigenvalue weighted by atomic mass is 32.1. The van der Waals surface area contributed by atoms with Crippen LogP contribution in [0.4, 0.5) is 0 Å². The van der Waals surface area contributed by atoms with Gasteiger partial charge in [-0.15, -0.1) is 11.3 Å². The number of hydrogen-bond donors (Lipinski definition) is 2. The van der Waals surface area contributed by atoms with Gasteiger partial charge in [-0.1, -0.05) is 36.8 Å². The van der Waals surface area contributed by atoms with Crippen molar-refractivity contribution in [3.63, 3.8) is 0 Å². The van der Waals surface area contributed by atoms with E-state index in [0.29, 0.717) is 25.8 Å². The summed E-state index contributed by atoms with van der Waals surface area (Å²) in [7, 11) is 0. The number of carboxylic acid groups (broad SMARTS) is 1.